The van der Waals surface area contributed by atoms with Crippen LogP contribution in [0.25, 0.3) is 0 Å². The van der Waals surface area contributed by atoms with E-state index in [-0.39, 0.29) is 23.8 Å². The average molecular weight is 275 g/mol. The summed E-state index contributed by atoms with van der Waals surface area (Å²) in [5.41, 5.74) is -0.408. The van der Waals surface area contributed by atoms with Gasteiger partial charge >= 0.3 is 5.97 Å². The van der Waals surface area contributed by atoms with Gasteiger partial charge in [0, 0.05) is 5.69 Å². The first-order valence-electron chi connectivity index (χ1n) is 6.43. The quantitative estimate of drug-likeness (QED) is 0.674. The van der Waals surface area contributed by atoms with Crippen molar-refractivity contribution >= 4 is 17.4 Å². The predicted molar refractivity (Wildman–Crippen MR) is 73.9 cm³/mol. The van der Waals surface area contributed by atoms with Crippen LogP contribution in [0.4, 0.5) is 5.69 Å². The van der Waals surface area contributed by atoms with Gasteiger partial charge in [0.25, 0.3) is 0 Å². The fourth-order valence-electron chi connectivity index (χ4n) is 1.89. The van der Waals surface area contributed by atoms with Crippen molar-refractivity contribution in [3.8, 4) is 0 Å². The standard InChI is InChI=1S/C15H17NO4/c1-4-19-14(18)11-12(17)15(2,3)20-13(11)16-10-8-6-5-7-9-10/h5-9,16H,4H2,1-3H3. The number of para-hydroxylation sites is 1. The second-order valence-corrected chi connectivity index (χ2v) is 4.86. The number of carbonyl (C=O) groups is 2. The molecule has 5 heteroatoms. The van der Waals surface area contributed by atoms with Crippen LogP contribution in [0.1, 0.15) is 20.8 Å². The molecular formula is C15H17NO4. The Morgan fingerprint density at radius 1 is 1.30 bits per heavy atom. The monoisotopic (exact) mass is 275 g/mol. The van der Waals surface area contributed by atoms with Crippen LogP contribution in [0.15, 0.2) is 41.8 Å². The van der Waals surface area contributed by atoms with Crippen molar-refractivity contribution in [2.45, 2.75) is 26.4 Å². The van der Waals surface area contributed by atoms with E-state index >= 15 is 0 Å². The fraction of sp³-hybridized carbons (Fsp3) is 0.333. The van der Waals surface area contributed by atoms with Crippen LogP contribution in [0.5, 0.6) is 0 Å². The summed E-state index contributed by atoms with van der Waals surface area (Å²) < 4.78 is 10.5. The van der Waals surface area contributed by atoms with E-state index in [1.165, 1.54) is 0 Å². The molecule has 5 nitrogen and oxygen atoms in total. The lowest BCUT2D eigenvalue weighted by Crippen LogP contribution is -2.31. The Labute approximate surface area is 117 Å². The minimum atomic E-state index is -1.07. The smallest absolute Gasteiger partial charge is 0.347 e. The molecule has 0 saturated heterocycles. The Balaban J connectivity index is 2.34. The van der Waals surface area contributed by atoms with E-state index in [4.69, 9.17) is 9.47 Å². The number of ketones is 1. The normalized spacial score (nSPS) is 16.9. The molecular weight excluding hydrogens is 258 g/mol. The molecule has 0 aromatic heterocycles. The van der Waals surface area contributed by atoms with E-state index in [0.29, 0.717) is 0 Å². The lowest BCUT2D eigenvalue weighted by molar-refractivity contribution is -0.140. The Hall–Kier alpha value is -2.30. The van der Waals surface area contributed by atoms with Crippen molar-refractivity contribution in [2.75, 3.05) is 11.9 Å². The average Bonchev–Trinajstić information content (AvgIpc) is 2.61. The first-order chi connectivity index (χ1) is 9.45. The Morgan fingerprint density at radius 3 is 2.55 bits per heavy atom. The lowest BCUT2D eigenvalue weighted by atomic mass is 10.00. The van der Waals surface area contributed by atoms with Gasteiger partial charge in [0.15, 0.2) is 11.2 Å². The zero-order valence-electron chi connectivity index (χ0n) is 11.7. The second-order valence-electron chi connectivity index (χ2n) is 4.86. The first-order valence-corrected chi connectivity index (χ1v) is 6.43. The van der Waals surface area contributed by atoms with E-state index in [1.807, 2.05) is 30.3 Å². The van der Waals surface area contributed by atoms with Gasteiger partial charge in [-0.25, -0.2) is 4.79 Å². The highest BCUT2D eigenvalue weighted by molar-refractivity contribution is 6.22. The third-order valence-electron chi connectivity index (χ3n) is 2.87. The molecule has 0 radical (unpaired) electrons. The second kappa shape index (κ2) is 5.36. The van der Waals surface area contributed by atoms with Crippen LogP contribution in [0.2, 0.25) is 0 Å². The van der Waals surface area contributed by atoms with E-state index < -0.39 is 11.6 Å². The number of anilines is 1. The SMILES string of the molecule is CCOC(=O)C1=C(Nc2ccccc2)OC(C)(C)C1=O. The summed E-state index contributed by atoms with van der Waals surface area (Å²) in [6, 6.07) is 9.18. The minimum Gasteiger partial charge on any atom is -0.464 e. The molecule has 1 aliphatic rings. The molecule has 106 valence electrons. The number of Topliss-reactive ketones (excluding diaryl/α,β-unsaturated/α-hetero) is 1. The van der Waals surface area contributed by atoms with Crippen molar-refractivity contribution in [1.29, 1.82) is 0 Å². The molecule has 1 N–H and O–H groups in total. The molecule has 20 heavy (non-hydrogen) atoms. The van der Waals surface area contributed by atoms with Gasteiger partial charge in [-0.15, -0.1) is 0 Å². The molecule has 0 fully saturated rings. The highest BCUT2D eigenvalue weighted by Crippen LogP contribution is 2.31. The molecule has 0 unspecified atom stereocenters. The van der Waals surface area contributed by atoms with E-state index in [9.17, 15) is 9.59 Å². The summed E-state index contributed by atoms with van der Waals surface area (Å²) in [5.74, 6) is -0.902. The first kappa shape index (κ1) is 14.1. The summed E-state index contributed by atoms with van der Waals surface area (Å²) in [5, 5.41) is 2.95. The largest absolute Gasteiger partial charge is 0.464 e. The number of carbonyl (C=O) groups excluding carboxylic acids is 2. The number of rotatable bonds is 4. The van der Waals surface area contributed by atoms with E-state index in [1.54, 1.807) is 20.8 Å². The Kier molecular flexibility index (Phi) is 3.79. The van der Waals surface area contributed by atoms with Crippen LogP contribution in [0.3, 0.4) is 0 Å². The van der Waals surface area contributed by atoms with Crippen LogP contribution in [-0.2, 0) is 19.1 Å². The summed E-state index contributed by atoms with van der Waals surface area (Å²) in [6.07, 6.45) is 0. The third-order valence-corrected chi connectivity index (χ3v) is 2.87. The molecule has 1 aromatic rings. The molecule has 0 spiro atoms. The Bertz CT molecular complexity index is 560. The number of nitrogens with one attached hydrogen (secondary N) is 1. The van der Waals surface area contributed by atoms with Crippen LogP contribution in [0, 0.1) is 0 Å². The fourth-order valence-corrected chi connectivity index (χ4v) is 1.89. The third kappa shape index (κ3) is 2.66. The molecule has 0 aliphatic carbocycles. The number of ether oxygens (including phenoxy) is 2. The highest BCUT2D eigenvalue weighted by Gasteiger charge is 2.46. The predicted octanol–water partition coefficient (Wildman–Crippen LogP) is 2.25. The number of hydrogen-bond donors (Lipinski definition) is 1. The molecule has 1 heterocycles. The summed E-state index contributed by atoms with van der Waals surface area (Å²) in [6.45, 7) is 5.13. The molecule has 0 bridgehead atoms. The number of benzene rings is 1. The van der Waals surface area contributed by atoms with Crippen LogP contribution in [-0.4, -0.2) is 24.0 Å². The van der Waals surface area contributed by atoms with Gasteiger partial charge in [-0.3, -0.25) is 4.79 Å². The van der Waals surface area contributed by atoms with E-state index in [0.717, 1.165) is 5.69 Å². The lowest BCUT2D eigenvalue weighted by Gasteiger charge is -2.18. The van der Waals surface area contributed by atoms with Gasteiger partial charge in [0.2, 0.25) is 11.7 Å². The van der Waals surface area contributed by atoms with E-state index in [2.05, 4.69) is 5.32 Å². The maximum Gasteiger partial charge on any atom is 0.347 e. The van der Waals surface area contributed by atoms with Crippen LogP contribution < -0.4 is 5.32 Å². The minimum absolute atomic E-state index is 0.0688. The molecule has 0 amide bonds. The molecule has 2 rings (SSSR count). The summed E-state index contributed by atoms with van der Waals surface area (Å²) in [7, 11) is 0. The number of esters is 1. The maximum atomic E-state index is 12.2. The highest BCUT2D eigenvalue weighted by atomic mass is 16.5. The van der Waals surface area contributed by atoms with Gasteiger partial charge in [0.1, 0.15) is 0 Å². The molecule has 0 atom stereocenters. The maximum absolute atomic E-state index is 12.2. The topological polar surface area (TPSA) is 64.6 Å². The molecule has 0 saturated carbocycles. The van der Waals surface area contributed by atoms with Gasteiger partial charge in [-0.2, -0.15) is 0 Å². The zero-order chi connectivity index (χ0) is 14.8. The van der Waals surface area contributed by atoms with Crippen molar-refractivity contribution < 1.29 is 19.1 Å². The van der Waals surface area contributed by atoms with Gasteiger partial charge in [0.05, 0.1) is 6.61 Å². The number of hydrogen-bond acceptors (Lipinski definition) is 5. The van der Waals surface area contributed by atoms with Gasteiger partial charge < -0.3 is 14.8 Å². The van der Waals surface area contributed by atoms with Crippen molar-refractivity contribution in [2.24, 2.45) is 0 Å². The molecule has 1 aliphatic heterocycles. The summed E-state index contributed by atoms with van der Waals surface area (Å²) >= 11 is 0. The Morgan fingerprint density at radius 2 is 1.95 bits per heavy atom. The van der Waals surface area contributed by atoms with Gasteiger partial charge in [-0.1, -0.05) is 18.2 Å². The van der Waals surface area contributed by atoms with Crippen molar-refractivity contribution in [3.63, 3.8) is 0 Å². The van der Waals surface area contributed by atoms with Crippen molar-refractivity contribution in [1.82, 2.24) is 0 Å². The molecule has 1 aromatic carbocycles. The zero-order valence-corrected chi connectivity index (χ0v) is 11.7. The van der Waals surface area contributed by atoms with Gasteiger partial charge in [-0.05, 0) is 32.9 Å². The van der Waals surface area contributed by atoms with Crippen molar-refractivity contribution in [3.05, 3.63) is 41.8 Å². The van der Waals surface area contributed by atoms with Crippen LogP contribution >= 0.6 is 0 Å². The summed E-state index contributed by atoms with van der Waals surface area (Å²) in [4.78, 5) is 24.1.